The molecular formula is C20H23NOS2. The monoisotopic (exact) mass is 357 g/mol. The van der Waals surface area contributed by atoms with Crippen LogP contribution in [0, 0.1) is 13.8 Å². The van der Waals surface area contributed by atoms with E-state index in [1.165, 1.54) is 33.8 Å². The summed E-state index contributed by atoms with van der Waals surface area (Å²) in [4.78, 5) is 14.5. The summed E-state index contributed by atoms with van der Waals surface area (Å²) >= 11 is 3.98. The molecule has 2 aromatic rings. The molecule has 0 aliphatic carbocycles. The van der Waals surface area contributed by atoms with E-state index in [0.717, 1.165) is 5.56 Å². The minimum atomic E-state index is 0.0771. The molecule has 1 heterocycles. The maximum Gasteiger partial charge on any atom is 0.253 e. The molecule has 24 heavy (non-hydrogen) atoms. The predicted octanol–water partition coefficient (Wildman–Crippen LogP) is 5.05. The Morgan fingerprint density at radius 2 is 1.75 bits per heavy atom. The molecule has 3 rings (SSSR count). The fourth-order valence-electron chi connectivity index (χ4n) is 2.90. The summed E-state index contributed by atoms with van der Waals surface area (Å²) in [5.74, 6) is 2.51. The molecule has 2 aromatic carbocycles. The van der Waals surface area contributed by atoms with Crippen molar-refractivity contribution < 1.29 is 4.79 Å². The van der Waals surface area contributed by atoms with Gasteiger partial charge in [-0.25, -0.2) is 0 Å². The molecule has 0 bridgehead atoms. The molecule has 0 unspecified atom stereocenters. The zero-order valence-corrected chi connectivity index (χ0v) is 16.0. The van der Waals surface area contributed by atoms with Crippen LogP contribution in [-0.4, -0.2) is 29.4 Å². The molecule has 1 aliphatic heterocycles. The number of carbonyl (C=O) groups excluding carboxylic acids is 1. The number of hydrogen-bond donors (Lipinski definition) is 0. The third-order valence-electron chi connectivity index (χ3n) is 4.30. The third-order valence-corrected chi connectivity index (χ3v) is 7.41. The Balaban J connectivity index is 1.68. The van der Waals surface area contributed by atoms with Gasteiger partial charge in [-0.05, 0) is 42.7 Å². The lowest BCUT2D eigenvalue weighted by Gasteiger charge is -2.19. The van der Waals surface area contributed by atoms with E-state index < -0.39 is 0 Å². The van der Waals surface area contributed by atoms with Gasteiger partial charge < -0.3 is 4.90 Å². The minimum absolute atomic E-state index is 0.0771. The van der Waals surface area contributed by atoms with Crippen LogP contribution in [0.2, 0.25) is 0 Å². The van der Waals surface area contributed by atoms with E-state index in [2.05, 4.69) is 44.2 Å². The van der Waals surface area contributed by atoms with Crippen LogP contribution in [0.15, 0.2) is 42.5 Å². The van der Waals surface area contributed by atoms with Crippen molar-refractivity contribution >= 4 is 29.4 Å². The van der Waals surface area contributed by atoms with Crippen LogP contribution in [-0.2, 0) is 6.54 Å². The molecule has 4 heteroatoms. The van der Waals surface area contributed by atoms with Crippen molar-refractivity contribution in [2.45, 2.75) is 25.0 Å². The van der Waals surface area contributed by atoms with Crippen LogP contribution in [0.5, 0.6) is 0 Å². The Kier molecular flexibility index (Phi) is 5.57. The summed E-state index contributed by atoms with van der Waals surface area (Å²) in [6.45, 7) is 4.83. The first-order chi connectivity index (χ1) is 11.5. The fraction of sp³-hybridized carbons (Fsp3) is 0.350. The first kappa shape index (κ1) is 17.4. The Hall–Kier alpha value is -1.39. The number of amides is 1. The number of nitrogens with zero attached hydrogens (tertiary/aromatic N) is 1. The van der Waals surface area contributed by atoms with Crippen molar-refractivity contribution in [3.05, 3.63) is 70.3 Å². The number of aryl methyl sites for hydroxylation is 2. The van der Waals surface area contributed by atoms with Crippen molar-refractivity contribution in [2.75, 3.05) is 18.6 Å². The maximum atomic E-state index is 12.7. The van der Waals surface area contributed by atoms with E-state index in [9.17, 15) is 4.79 Å². The molecule has 0 N–H and O–H groups in total. The Bertz CT molecular complexity index is 721. The van der Waals surface area contributed by atoms with Crippen molar-refractivity contribution in [2.24, 2.45) is 0 Å². The van der Waals surface area contributed by atoms with Gasteiger partial charge in [-0.2, -0.15) is 0 Å². The summed E-state index contributed by atoms with van der Waals surface area (Å²) in [7, 11) is 1.87. The molecular weight excluding hydrogens is 334 g/mol. The van der Waals surface area contributed by atoms with Crippen molar-refractivity contribution in [3.8, 4) is 0 Å². The highest BCUT2D eigenvalue weighted by Crippen LogP contribution is 2.45. The quantitative estimate of drug-likeness (QED) is 0.763. The topological polar surface area (TPSA) is 20.3 Å². The van der Waals surface area contributed by atoms with E-state index in [1.807, 2.05) is 42.7 Å². The first-order valence-corrected chi connectivity index (χ1v) is 10.3. The molecule has 1 aliphatic rings. The van der Waals surface area contributed by atoms with Gasteiger partial charge >= 0.3 is 0 Å². The second-order valence-corrected chi connectivity index (χ2v) is 9.01. The lowest BCUT2D eigenvalue weighted by molar-refractivity contribution is 0.0785. The molecule has 1 amide bonds. The van der Waals surface area contributed by atoms with Gasteiger partial charge in [0.15, 0.2) is 0 Å². The largest absolute Gasteiger partial charge is 0.337 e. The third kappa shape index (κ3) is 3.98. The second kappa shape index (κ2) is 7.66. The lowest BCUT2D eigenvalue weighted by atomic mass is 10.0. The molecule has 0 spiro atoms. The highest BCUT2D eigenvalue weighted by molar-refractivity contribution is 8.19. The number of benzene rings is 2. The highest BCUT2D eigenvalue weighted by Gasteiger charge is 2.19. The van der Waals surface area contributed by atoms with Crippen LogP contribution < -0.4 is 0 Å². The molecule has 1 fully saturated rings. The van der Waals surface area contributed by atoms with Crippen LogP contribution in [0.25, 0.3) is 0 Å². The van der Waals surface area contributed by atoms with Gasteiger partial charge in [0.05, 0.1) is 4.58 Å². The Morgan fingerprint density at radius 3 is 2.38 bits per heavy atom. The van der Waals surface area contributed by atoms with Crippen molar-refractivity contribution in [1.29, 1.82) is 0 Å². The van der Waals surface area contributed by atoms with Crippen LogP contribution in [0.4, 0.5) is 0 Å². The number of rotatable bonds is 4. The minimum Gasteiger partial charge on any atom is -0.337 e. The van der Waals surface area contributed by atoms with Gasteiger partial charge in [-0.1, -0.05) is 35.9 Å². The van der Waals surface area contributed by atoms with Crippen molar-refractivity contribution in [1.82, 2.24) is 4.90 Å². The predicted molar refractivity (Wildman–Crippen MR) is 106 cm³/mol. The van der Waals surface area contributed by atoms with E-state index in [4.69, 9.17) is 0 Å². The number of carbonyl (C=O) groups is 1. The van der Waals surface area contributed by atoms with Gasteiger partial charge in [-0.15, -0.1) is 23.5 Å². The number of thioether (sulfide) groups is 2. The molecule has 1 saturated heterocycles. The first-order valence-electron chi connectivity index (χ1n) is 8.19. The normalized spacial score (nSPS) is 14.8. The zero-order chi connectivity index (χ0) is 17.1. The molecule has 126 valence electrons. The molecule has 0 saturated carbocycles. The van der Waals surface area contributed by atoms with E-state index in [0.29, 0.717) is 11.1 Å². The van der Waals surface area contributed by atoms with Crippen LogP contribution >= 0.6 is 23.5 Å². The van der Waals surface area contributed by atoms with Gasteiger partial charge in [0, 0.05) is 30.7 Å². The summed E-state index contributed by atoms with van der Waals surface area (Å²) in [6.07, 6.45) is 0. The second-order valence-electron chi connectivity index (χ2n) is 6.29. The van der Waals surface area contributed by atoms with E-state index >= 15 is 0 Å². The summed E-state index contributed by atoms with van der Waals surface area (Å²) in [5.41, 5.74) is 5.77. The summed E-state index contributed by atoms with van der Waals surface area (Å²) in [6, 6.07) is 14.5. The highest BCUT2D eigenvalue weighted by atomic mass is 32.2. The standard InChI is InChI=1S/C20H23NOS2/c1-14-4-5-18(15(2)12-14)13-21(3)19(22)16-6-8-17(9-7-16)20-23-10-11-24-20/h4-9,12,20H,10-11,13H2,1-3H3. The smallest absolute Gasteiger partial charge is 0.253 e. The lowest BCUT2D eigenvalue weighted by Crippen LogP contribution is -2.26. The van der Waals surface area contributed by atoms with E-state index in [1.54, 1.807) is 4.90 Å². The maximum absolute atomic E-state index is 12.7. The zero-order valence-electron chi connectivity index (χ0n) is 14.4. The summed E-state index contributed by atoms with van der Waals surface area (Å²) < 4.78 is 0.530. The molecule has 0 atom stereocenters. The SMILES string of the molecule is Cc1ccc(CN(C)C(=O)c2ccc(C3SCCS3)cc2)c(C)c1. The van der Waals surface area contributed by atoms with Gasteiger partial charge in [-0.3, -0.25) is 4.79 Å². The van der Waals surface area contributed by atoms with Gasteiger partial charge in [0.1, 0.15) is 0 Å². The molecule has 0 radical (unpaired) electrons. The van der Waals surface area contributed by atoms with Crippen LogP contribution in [0.1, 0.15) is 37.2 Å². The molecule has 2 nitrogen and oxygen atoms in total. The van der Waals surface area contributed by atoms with E-state index in [-0.39, 0.29) is 5.91 Å². The van der Waals surface area contributed by atoms with Gasteiger partial charge in [0.2, 0.25) is 0 Å². The Labute approximate surface area is 153 Å². The average Bonchev–Trinajstić information content (AvgIpc) is 3.11. The van der Waals surface area contributed by atoms with Gasteiger partial charge in [0.25, 0.3) is 5.91 Å². The van der Waals surface area contributed by atoms with Crippen LogP contribution in [0.3, 0.4) is 0 Å². The fourth-order valence-corrected chi connectivity index (χ4v) is 5.76. The average molecular weight is 358 g/mol. The summed E-state index contributed by atoms with van der Waals surface area (Å²) in [5, 5.41) is 0. The van der Waals surface area contributed by atoms with Crippen molar-refractivity contribution in [3.63, 3.8) is 0 Å². The number of hydrogen-bond acceptors (Lipinski definition) is 3. The Morgan fingerprint density at radius 1 is 1.08 bits per heavy atom. The molecule has 0 aromatic heterocycles.